The van der Waals surface area contributed by atoms with Crippen LogP contribution in [0.4, 0.5) is 5.69 Å². The normalized spacial score (nSPS) is 11.0. The van der Waals surface area contributed by atoms with Gasteiger partial charge in [0.25, 0.3) is 15.9 Å². The van der Waals surface area contributed by atoms with Crippen LogP contribution in [0.3, 0.4) is 0 Å². The van der Waals surface area contributed by atoms with E-state index < -0.39 is 10.0 Å². The number of anilines is 1. The van der Waals surface area contributed by atoms with Gasteiger partial charge < -0.3 is 10.1 Å². The van der Waals surface area contributed by atoms with Crippen LogP contribution >= 0.6 is 22.6 Å². The van der Waals surface area contributed by atoms with Gasteiger partial charge in [0.2, 0.25) is 0 Å². The summed E-state index contributed by atoms with van der Waals surface area (Å²) >= 11 is 2.14. The Labute approximate surface area is 154 Å². The van der Waals surface area contributed by atoms with Crippen molar-refractivity contribution >= 4 is 44.2 Å². The average Bonchev–Trinajstić information content (AvgIpc) is 2.56. The number of amides is 1. The van der Waals surface area contributed by atoms with Crippen molar-refractivity contribution in [2.24, 2.45) is 0 Å². The van der Waals surface area contributed by atoms with E-state index in [0.717, 1.165) is 3.57 Å². The number of carbonyl (C=O) groups excluding carboxylic acids is 1. The highest BCUT2D eigenvalue weighted by atomic mass is 127. The topological polar surface area (TPSA) is 84.5 Å². The van der Waals surface area contributed by atoms with Crippen LogP contribution in [0.2, 0.25) is 0 Å². The summed E-state index contributed by atoms with van der Waals surface area (Å²) in [6.45, 7) is 2.21. The lowest BCUT2D eigenvalue weighted by Gasteiger charge is -2.12. The second kappa shape index (κ2) is 7.84. The highest BCUT2D eigenvalue weighted by Crippen LogP contribution is 2.24. The summed E-state index contributed by atoms with van der Waals surface area (Å²) in [6.07, 6.45) is 0. The molecule has 2 aromatic carbocycles. The number of sulfonamides is 1. The van der Waals surface area contributed by atoms with Crippen molar-refractivity contribution in [3.05, 3.63) is 51.6 Å². The van der Waals surface area contributed by atoms with Crippen molar-refractivity contribution < 1.29 is 17.9 Å². The van der Waals surface area contributed by atoms with E-state index >= 15 is 0 Å². The molecule has 24 heavy (non-hydrogen) atoms. The Morgan fingerprint density at radius 1 is 1.17 bits per heavy atom. The summed E-state index contributed by atoms with van der Waals surface area (Å²) < 4.78 is 33.7. The molecule has 0 fully saturated rings. The third-order valence-electron chi connectivity index (χ3n) is 3.16. The molecule has 0 aliphatic carbocycles. The minimum absolute atomic E-state index is 0.0110. The predicted octanol–water partition coefficient (Wildman–Crippen LogP) is 2.85. The number of nitrogens with one attached hydrogen (secondary N) is 2. The zero-order valence-electron chi connectivity index (χ0n) is 13.2. The van der Waals surface area contributed by atoms with Crippen LogP contribution in [0.1, 0.15) is 17.3 Å². The average molecular weight is 460 g/mol. The summed E-state index contributed by atoms with van der Waals surface area (Å²) in [5, 5.41) is 2.64. The van der Waals surface area contributed by atoms with Crippen LogP contribution < -0.4 is 14.8 Å². The van der Waals surface area contributed by atoms with Gasteiger partial charge in [0.1, 0.15) is 5.75 Å². The second-order valence-electron chi connectivity index (χ2n) is 4.83. The standard InChI is InChI=1S/C16H17IN2O4S/c1-3-18-16(20)14-10-13(8-9-15(14)23-2)24(21,22)19-12-6-4-11(17)5-7-12/h4-10,19H,3H2,1-2H3,(H,18,20). The van der Waals surface area contributed by atoms with Crippen molar-refractivity contribution in [2.75, 3.05) is 18.4 Å². The molecule has 8 heteroatoms. The SMILES string of the molecule is CCNC(=O)c1cc(S(=O)(=O)Nc2ccc(I)cc2)ccc1OC. The van der Waals surface area contributed by atoms with Crippen LogP contribution in [0.15, 0.2) is 47.4 Å². The first-order valence-corrected chi connectivity index (χ1v) is 9.68. The van der Waals surface area contributed by atoms with E-state index in [9.17, 15) is 13.2 Å². The molecule has 1 amide bonds. The first kappa shape index (κ1) is 18.5. The zero-order chi connectivity index (χ0) is 17.7. The quantitative estimate of drug-likeness (QED) is 0.650. The molecule has 0 heterocycles. The maximum Gasteiger partial charge on any atom is 0.261 e. The molecule has 0 aliphatic rings. The van der Waals surface area contributed by atoms with Gasteiger partial charge in [-0.05, 0) is 72.0 Å². The van der Waals surface area contributed by atoms with E-state index in [1.165, 1.54) is 25.3 Å². The lowest BCUT2D eigenvalue weighted by Crippen LogP contribution is -2.24. The van der Waals surface area contributed by atoms with Crippen molar-refractivity contribution in [3.63, 3.8) is 0 Å². The molecule has 0 saturated heterocycles. The summed E-state index contributed by atoms with van der Waals surface area (Å²) in [4.78, 5) is 12.1. The summed E-state index contributed by atoms with van der Waals surface area (Å²) in [5.74, 6) is -0.0742. The Morgan fingerprint density at radius 3 is 2.42 bits per heavy atom. The summed E-state index contributed by atoms with van der Waals surface area (Å²) in [6, 6.07) is 11.1. The van der Waals surface area contributed by atoms with E-state index in [2.05, 4.69) is 32.6 Å². The van der Waals surface area contributed by atoms with Crippen molar-refractivity contribution in [2.45, 2.75) is 11.8 Å². The van der Waals surface area contributed by atoms with Gasteiger partial charge in [-0.15, -0.1) is 0 Å². The molecule has 6 nitrogen and oxygen atoms in total. The number of halogens is 1. The fourth-order valence-corrected chi connectivity index (χ4v) is 3.46. The fourth-order valence-electron chi connectivity index (χ4n) is 2.02. The molecule has 2 rings (SSSR count). The minimum Gasteiger partial charge on any atom is -0.496 e. The maximum atomic E-state index is 12.5. The number of carbonyl (C=O) groups is 1. The Bertz CT molecular complexity index is 836. The molecule has 0 unspecified atom stereocenters. The van der Waals surface area contributed by atoms with Crippen LogP contribution in [0.5, 0.6) is 5.75 Å². The van der Waals surface area contributed by atoms with Crippen LogP contribution in [0, 0.1) is 3.57 Å². The molecule has 0 spiro atoms. The number of benzene rings is 2. The van der Waals surface area contributed by atoms with Crippen molar-refractivity contribution in [3.8, 4) is 5.75 Å². The van der Waals surface area contributed by atoms with Gasteiger partial charge in [-0.3, -0.25) is 9.52 Å². The molecule has 0 atom stereocenters. The Hall–Kier alpha value is -1.81. The first-order valence-electron chi connectivity index (χ1n) is 7.12. The Morgan fingerprint density at radius 2 is 1.83 bits per heavy atom. The third kappa shape index (κ3) is 4.38. The van der Waals surface area contributed by atoms with Gasteiger partial charge in [-0.25, -0.2) is 8.42 Å². The molecule has 0 bridgehead atoms. The molecular formula is C16H17IN2O4S. The van der Waals surface area contributed by atoms with Gasteiger partial charge in [0.15, 0.2) is 0 Å². The number of hydrogen-bond donors (Lipinski definition) is 2. The fraction of sp³-hybridized carbons (Fsp3) is 0.188. The highest BCUT2D eigenvalue weighted by Gasteiger charge is 2.19. The van der Waals surface area contributed by atoms with E-state index in [0.29, 0.717) is 18.0 Å². The third-order valence-corrected chi connectivity index (χ3v) is 5.26. The highest BCUT2D eigenvalue weighted by molar-refractivity contribution is 14.1. The lowest BCUT2D eigenvalue weighted by atomic mass is 10.2. The van der Waals surface area contributed by atoms with E-state index in [1.807, 2.05) is 0 Å². The first-order chi connectivity index (χ1) is 11.4. The summed E-state index contributed by atoms with van der Waals surface area (Å²) in [5.41, 5.74) is 0.621. The predicted molar refractivity (Wildman–Crippen MR) is 101 cm³/mol. The van der Waals surface area contributed by atoms with E-state index in [4.69, 9.17) is 4.74 Å². The van der Waals surface area contributed by atoms with Gasteiger partial charge in [0, 0.05) is 15.8 Å². The lowest BCUT2D eigenvalue weighted by molar-refractivity contribution is 0.0952. The molecule has 0 radical (unpaired) electrons. The number of hydrogen-bond acceptors (Lipinski definition) is 4. The zero-order valence-corrected chi connectivity index (χ0v) is 16.1. The molecule has 0 aliphatic heterocycles. The van der Waals surface area contributed by atoms with Crippen LogP contribution in [0.25, 0.3) is 0 Å². The van der Waals surface area contributed by atoms with E-state index in [-0.39, 0.29) is 16.4 Å². The minimum atomic E-state index is -3.81. The van der Waals surface area contributed by atoms with Gasteiger partial charge in [0.05, 0.1) is 17.6 Å². The monoisotopic (exact) mass is 460 g/mol. The molecule has 0 aromatic heterocycles. The molecule has 128 valence electrons. The molecule has 2 aromatic rings. The number of rotatable bonds is 6. The van der Waals surface area contributed by atoms with Crippen molar-refractivity contribution in [1.82, 2.24) is 5.32 Å². The molecule has 2 N–H and O–H groups in total. The number of ether oxygens (including phenoxy) is 1. The van der Waals surface area contributed by atoms with Crippen LogP contribution in [-0.2, 0) is 10.0 Å². The second-order valence-corrected chi connectivity index (χ2v) is 7.76. The van der Waals surface area contributed by atoms with Gasteiger partial charge in [-0.1, -0.05) is 0 Å². The van der Waals surface area contributed by atoms with Gasteiger partial charge in [-0.2, -0.15) is 0 Å². The Balaban J connectivity index is 2.37. The Kier molecular flexibility index (Phi) is 6.05. The maximum absolute atomic E-state index is 12.5. The number of methoxy groups -OCH3 is 1. The smallest absolute Gasteiger partial charge is 0.261 e. The van der Waals surface area contributed by atoms with Crippen molar-refractivity contribution in [1.29, 1.82) is 0 Å². The molecular weight excluding hydrogens is 443 g/mol. The van der Waals surface area contributed by atoms with E-state index in [1.54, 1.807) is 31.2 Å². The van der Waals surface area contributed by atoms with Crippen LogP contribution in [-0.4, -0.2) is 28.0 Å². The summed E-state index contributed by atoms with van der Waals surface area (Å²) in [7, 11) is -2.38. The van der Waals surface area contributed by atoms with Gasteiger partial charge >= 0.3 is 0 Å². The molecule has 0 saturated carbocycles. The largest absolute Gasteiger partial charge is 0.496 e.